The number of hydrogen-bond acceptors (Lipinski definition) is 7. The van der Waals surface area contributed by atoms with Gasteiger partial charge >= 0.3 is 5.97 Å². The van der Waals surface area contributed by atoms with E-state index in [1.807, 2.05) is 42.7 Å². The quantitative estimate of drug-likeness (QED) is 0.423. The first-order valence-electron chi connectivity index (χ1n) is 11.8. The molecule has 0 radical (unpaired) electrons. The van der Waals surface area contributed by atoms with E-state index in [1.165, 1.54) is 0 Å². The number of carboxylic acids is 1. The lowest BCUT2D eigenvalue weighted by atomic mass is 9.98. The maximum atomic E-state index is 12.8. The zero-order chi connectivity index (χ0) is 26.7. The summed E-state index contributed by atoms with van der Waals surface area (Å²) in [6, 6.07) is 11.0. The molecule has 2 aromatic carbocycles. The molecule has 0 aliphatic carbocycles. The number of rotatable bonds is 9. The minimum Gasteiger partial charge on any atom is -0.493 e. The largest absolute Gasteiger partial charge is 0.493 e. The number of amides is 1. The molecule has 0 spiro atoms. The van der Waals surface area contributed by atoms with Gasteiger partial charge in [0.15, 0.2) is 17.3 Å². The number of ether oxygens (including phenoxy) is 3. The van der Waals surface area contributed by atoms with Gasteiger partial charge < -0.3 is 24.6 Å². The van der Waals surface area contributed by atoms with Gasteiger partial charge in [-0.25, -0.2) is 0 Å². The fourth-order valence-electron chi connectivity index (χ4n) is 4.42. The molecule has 10 nitrogen and oxygen atoms in total. The average molecular weight is 529 g/mol. The Labute approximate surface area is 219 Å². The van der Waals surface area contributed by atoms with Crippen LogP contribution in [-0.4, -0.2) is 52.5 Å². The van der Waals surface area contributed by atoms with E-state index in [9.17, 15) is 9.59 Å². The van der Waals surface area contributed by atoms with Crippen LogP contribution >= 0.6 is 11.6 Å². The number of methoxy groups -OCH3 is 2. The van der Waals surface area contributed by atoms with Crippen molar-refractivity contribution in [1.82, 2.24) is 20.1 Å². The number of fused-ring (bicyclic) bond motifs is 3. The summed E-state index contributed by atoms with van der Waals surface area (Å²) < 4.78 is 19.8. The maximum absolute atomic E-state index is 12.8. The third kappa shape index (κ3) is 5.40. The Morgan fingerprint density at radius 2 is 1.95 bits per heavy atom. The van der Waals surface area contributed by atoms with Crippen molar-refractivity contribution in [3.63, 3.8) is 0 Å². The summed E-state index contributed by atoms with van der Waals surface area (Å²) in [7, 11) is 3.11. The Morgan fingerprint density at radius 3 is 2.62 bits per heavy atom. The topological polar surface area (TPSA) is 125 Å². The molecule has 1 aromatic heterocycles. The van der Waals surface area contributed by atoms with Gasteiger partial charge in [-0.15, -0.1) is 10.2 Å². The highest BCUT2D eigenvalue weighted by Crippen LogP contribution is 2.46. The van der Waals surface area contributed by atoms with Crippen LogP contribution < -0.4 is 14.8 Å². The smallest absolute Gasteiger partial charge is 0.305 e. The number of nitrogens with zero attached hydrogens (tertiary/aromatic N) is 3. The van der Waals surface area contributed by atoms with Gasteiger partial charge in [0, 0.05) is 28.6 Å². The average Bonchev–Trinajstić information content (AvgIpc) is 3.26. The number of aromatic nitrogens is 3. The SMILES string of the molecule is COc1cccc(C2OC(CC(=O)NCCC(=O)O)c3nnc(C(C)C)n3-c3ccc(Cl)cc32)c1OC. The highest BCUT2D eigenvalue weighted by molar-refractivity contribution is 6.30. The van der Waals surface area contributed by atoms with E-state index in [1.54, 1.807) is 26.4 Å². The molecule has 1 aliphatic heterocycles. The lowest BCUT2D eigenvalue weighted by molar-refractivity contribution is -0.137. The van der Waals surface area contributed by atoms with E-state index in [4.69, 9.17) is 30.9 Å². The monoisotopic (exact) mass is 528 g/mol. The molecule has 0 saturated heterocycles. The van der Waals surface area contributed by atoms with Crippen LogP contribution in [0.3, 0.4) is 0 Å². The van der Waals surface area contributed by atoms with Gasteiger partial charge in [0.05, 0.1) is 32.7 Å². The van der Waals surface area contributed by atoms with Crippen LogP contribution in [0.15, 0.2) is 36.4 Å². The van der Waals surface area contributed by atoms with Gasteiger partial charge in [0.25, 0.3) is 0 Å². The van der Waals surface area contributed by atoms with Gasteiger partial charge in [0.2, 0.25) is 5.91 Å². The first kappa shape index (κ1) is 26.4. The lowest BCUT2D eigenvalue weighted by Crippen LogP contribution is -2.28. The molecule has 4 rings (SSSR count). The Hall–Kier alpha value is -3.63. The van der Waals surface area contributed by atoms with Crippen LogP contribution in [-0.2, 0) is 14.3 Å². The molecule has 37 heavy (non-hydrogen) atoms. The molecule has 2 N–H and O–H groups in total. The van der Waals surface area contributed by atoms with Gasteiger partial charge in [-0.3, -0.25) is 14.2 Å². The van der Waals surface area contributed by atoms with E-state index < -0.39 is 18.2 Å². The summed E-state index contributed by atoms with van der Waals surface area (Å²) in [6.45, 7) is 4.03. The van der Waals surface area contributed by atoms with Crippen molar-refractivity contribution in [2.45, 2.75) is 44.8 Å². The van der Waals surface area contributed by atoms with Gasteiger partial charge in [-0.05, 0) is 24.3 Å². The molecule has 196 valence electrons. The van der Waals surface area contributed by atoms with Crippen molar-refractivity contribution in [2.24, 2.45) is 0 Å². The van der Waals surface area contributed by atoms with Crippen molar-refractivity contribution in [2.75, 3.05) is 20.8 Å². The van der Waals surface area contributed by atoms with Crippen LogP contribution in [0.2, 0.25) is 5.02 Å². The molecular weight excluding hydrogens is 500 g/mol. The summed E-state index contributed by atoms with van der Waals surface area (Å²) in [5.74, 6) is 0.852. The summed E-state index contributed by atoms with van der Waals surface area (Å²) in [4.78, 5) is 23.7. The van der Waals surface area contributed by atoms with Crippen LogP contribution in [0.25, 0.3) is 5.69 Å². The molecule has 0 fully saturated rings. The summed E-state index contributed by atoms with van der Waals surface area (Å²) >= 11 is 6.46. The van der Waals surface area contributed by atoms with Crippen molar-refractivity contribution in [3.05, 3.63) is 64.2 Å². The Bertz CT molecular complexity index is 1310. The molecule has 0 bridgehead atoms. The molecule has 2 atom stereocenters. The summed E-state index contributed by atoms with van der Waals surface area (Å²) in [5, 5.41) is 20.9. The maximum Gasteiger partial charge on any atom is 0.305 e. The fraction of sp³-hybridized carbons (Fsp3) is 0.385. The van der Waals surface area contributed by atoms with Crippen molar-refractivity contribution >= 4 is 23.5 Å². The first-order valence-corrected chi connectivity index (χ1v) is 12.2. The van der Waals surface area contributed by atoms with Crippen LogP contribution in [0.5, 0.6) is 11.5 Å². The number of carboxylic acid groups (broad SMARTS) is 1. The lowest BCUT2D eigenvalue weighted by Gasteiger charge is -2.25. The predicted molar refractivity (Wildman–Crippen MR) is 136 cm³/mol. The molecular formula is C26H29ClN4O6. The fourth-order valence-corrected chi connectivity index (χ4v) is 4.60. The van der Waals surface area contributed by atoms with Gasteiger partial charge in [-0.2, -0.15) is 0 Å². The highest BCUT2D eigenvalue weighted by Gasteiger charge is 2.37. The van der Waals surface area contributed by atoms with Crippen LogP contribution in [0.1, 0.15) is 67.6 Å². The zero-order valence-electron chi connectivity index (χ0n) is 21.0. The van der Waals surface area contributed by atoms with E-state index in [0.717, 1.165) is 11.3 Å². The second kappa shape index (κ2) is 11.2. The van der Waals surface area contributed by atoms with Gasteiger partial charge in [0.1, 0.15) is 18.0 Å². The number of para-hydroxylation sites is 1. The normalized spacial score (nSPS) is 16.5. The molecule has 2 heterocycles. The molecule has 1 aliphatic rings. The Balaban J connectivity index is 1.87. The van der Waals surface area contributed by atoms with E-state index in [2.05, 4.69) is 15.5 Å². The third-order valence-corrected chi connectivity index (χ3v) is 6.31. The second-order valence-electron chi connectivity index (χ2n) is 8.89. The van der Waals surface area contributed by atoms with Crippen LogP contribution in [0.4, 0.5) is 0 Å². The predicted octanol–water partition coefficient (Wildman–Crippen LogP) is 4.20. The second-order valence-corrected chi connectivity index (χ2v) is 9.33. The zero-order valence-corrected chi connectivity index (χ0v) is 21.8. The third-order valence-electron chi connectivity index (χ3n) is 6.08. The number of carbonyl (C=O) groups is 2. The number of nitrogens with one attached hydrogen (secondary N) is 1. The molecule has 3 aromatic rings. The van der Waals surface area contributed by atoms with Crippen molar-refractivity contribution in [3.8, 4) is 17.2 Å². The number of aliphatic carboxylic acids is 1. The Morgan fingerprint density at radius 1 is 1.16 bits per heavy atom. The summed E-state index contributed by atoms with van der Waals surface area (Å²) in [6.07, 6.45) is -1.78. The van der Waals surface area contributed by atoms with E-state index >= 15 is 0 Å². The number of carbonyl (C=O) groups excluding carboxylic acids is 1. The number of benzene rings is 2. The van der Waals surface area contributed by atoms with E-state index in [0.29, 0.717) is 33.7 Å². The van der Waals surface area contributed by atoms with Crippen LogP contribution in [0, 0.1) is 0 Å². The standard InChI is InChI=1S/C26H29ClN4O6/c1-14(2)25-29-30-26-20(13-21(32)28-11-10-22(33)34)37-23(16-6-5-7-19(35-3)24(16)36-4)17-12-15(27)8-9-18(17)31(25)26/h5-9,12,14,20,23H,10-11,13H2,1-4H3,(H,28,32)(H,33,34). The Kier molecular flexibility index (Phi) is 7.99. The molecule has 1 amide bonds. The van der Waals surface area contributed by atoms with E-state index in [-0.39, 0.29) is 31.2 Å². The minimum absolute atomic E-state index is 0.00773. The molecule has 2 unspecified atom stereocenters. The van der Waals surface area contributed by atoms with Crippen molar-refractivity contribution in [1.29, 1.82) is 0 Å². The minimum atomic E-state index is -0.996. The molecule has 11 heteroatoms. The highest BCUT2D eigenvalue weighted by atomic mass is 35.5. The first-order chi connectivity index (χ1) is 17.7. The summed E-state index contributed by atoms with van der Waals surface area (Å²) in [5.41, 5.74) is 2.21. The molecule has 0 saturated carbocycles. The number of hydrogen-bond donors (Lipinski definition) is 2. The van der Waals surface area contributed by atoms with Gasteiger partial charge in [-0.1, -0.05) is 37.6 Å². The number of halogens is 1. The van der Waals surface area contributed by atoms with Crippen molar-refractivity contribution < 1.29 is 28.9 Å².